The number of halogens is 1. The van der Waals surface area contributed by atoms with E-state index in [0.29, 0.717) is 6.04 Å². The molecule has 0 radical (unpaired) electrons. The van der Waals surface area contributed by atoms with Gasteiger partial charge in [-0.3, -0.25) is 0 Å². The van der Waals surface area contributed by atoms with Crippen LogP contribution in [0.2, 0.25) is 0 Å². The van der Waals surface area contributed by atoms with Gasteiger partial charge >= 0.3 is 0 Å². The van der Waals surface area contributed by atoms with Gasteiger partial charge in [0, 0.05) is 10.5 Å². The number of benzene rings is 1. The highest BCUT2D eigenvalue weighted by Crippen LogP contribution is 2.30. The first-order valence-electron chi connectivity index (χ1n) is 7.12. The maximum Gasteiger partial charge on any atom is 0.0325 e. The second-order valence-electron chi connectivity index (χ2n) is 4.98. The van der Waals surface area contributed by atoms with Crippen molar-refractivity contribution in [2.75, 3.05) is 6.54 Å². The summed E-state index contributed by atoms with van der Waals surface area (Å²) in [5.41, 5.74) is 2.81. The molecule has 1 N–H and O–H groups in total. The van der Waals surface area contributed by atoms with Crippen molar-refractivity contribution in [3.8, 4) is 0 Å². The molecule has 0 saturated carbocycles. The number of rotatable bonds is 7. The summed E-state index contributed by atoms with van der Waals surface area (Å²) in [5, 5.41) is 3.65. The smallest absolute Gasteiger partial charge is 0.0325 e. The zero-order valence-electron chi connectivity index (χ0n) is 12.1. The average Bonchev–Trinajstić information content (AvgIpc) is 2.38. The molecule has 102 valence electrons. The molecule has 0 heterocycles. The highest BCUT2D eigenvalue weighted by atomic mass is 79.9. The van der Waals surface area contributed by atoms with Crippen LogP contribution in [-0.4, -0.2) is 6.54 Å². The largest absolute Gasteiger partial charge is 0.310 e. The number of hydrogen-bond acceptors (Lipinski definition) is 1. The lowest BCUT2D eigenvalue weighted by Gasteiger charge is -2.25. The number of nitrogens with one attached hydrogen (secondary N) is 1. The van der Waals surface area contributed by atoms with Gasteiger partial charge in [0.25, 0.3) is 0 Å². The molecule has 0 fully saturated rings. The molecule has 0 aliphatic carbocycles. The molecule has 1 rings (SSSR count). The molecular weight excluding hydrogens is 286 g/mol. The topological polar surface area (TPSA) is 12.0 Å². The van der Waals surface area contributed by atoms with Gasteiger partial charge in [-0.2, -0.15) is 0 Å². The number of hydrogen-bond donors (Lipinski definition) is 1. The van der Waals surface area contributed by atoms with E-state index in [0.717, 1.165) is 12.5 Å². The summed E-state index contributed by atoms with van der Waals surface area (Å²) in [6, 6.07) is 7.01. The lowest BCUT2D eigenvalue weighted by atomic mass is 9.89. The lowest BCUT2D eigenvalue weighted by molar-refractivity contribution is 0.374. The third kappa shape index (κ3) is 4.10. The van der Waals surface area contributed by atoms with Crippen LogP contribution in [0.1, 0.15) is 57.2 Å². The fraction of sp³-hybridized carbons (Fsp3) is 0.625. The summed E-state index contributed by atoms with van der Waals surface area (Å²) in [4.78, 5) is 0. The van der Waals surface area contributed by atoms with Crippen molar-refractivity contribution in [3.05, 3.63) is 33.8 Å². The Morgan fingerprint density at radius 1 is 1.17 bits per heavy atom. The van der Waals surface area contributed by atoms with Gasteiger partial charge in [0.2, 0.25) is 0 Å². The fourth-order valence-corrected chi connectivity index (χ4v) is 2.91. The summed E-state index contributed by atoms with van der Waals surface area (Å²) in [6.45, 7) is 10.0. The normalized spacial score (nSPS) is 13.0. The first kappa shape index (κ1) is 15.7. The van der Waals surface area contributed by atoms with Crippen molar-refractivity contribution in [1.29, 1.82) is 0 Å². The maximum atomic E-state index is 3.65. The van der Waals surface area contributed by atoms with Crippen LogP contribution in [-0.2, 0) is 0 Å². The molecule has 0 aliphatic heterocycles. The monoisotopic (exact) mass is 311 g/mol. The molecule has 1 aromatic rings. The van der Waals surface area contributed by atoms with Crippen LogP contribution in [0.5, 0.6) is 0 Å². The molecule has 0 amide bonds. The first-order valence-corrected chi connectivity index (χ1v) is 7.91. The third-order valence-electron chi connectivity index (χ3n) is 3.86. The SMILES string of the molecule is CCNC(CC(CC)CC)c1cccc(Br)c1C. The van der Waals surface area contributed by atoms with Crippen LogP contribution in [0.25, 0.3) is 0 Å². The van der Waals surface area contributed by atoms with Crippen molar-refractivity contribution in [2.24, 2.45) is 5.92 Å². The predicted octanol–water partition coefficient (Wildman–Crippen LogP) is 5.23. The fourth-order valence-electron chi connectivity index (χ4n) is 2.52. The van der Waals surface area contributed by atoms with Crippen LogP contribution in [0.4, 0.5) is 0 Å². The third-order valence-corrected chi connectivity index (χ3v) is 4.72. The van der Waals surface area contributed by atoms with E-state index in [1.54, 1.807) is 0 Å². The minimum atomic E-state index is 0.484. The molecule has 0 spiro atoms. The molecule has 2 heteroatoms. The second kappa shape index (κ2) is 7.96. The standard InChI is InChI=1S/C16H26BrN/c1-5-13(6-2)11-16(18-7-3)14-9-8-10-15(17)12(14)4/h8-10,13,16,18H,5-7,11H2,1-4H3. The molecule has 1 aromatic carbocycles. The van der Waals surface area contributed by atoms with Gasteiger partial charge in [-0.1, -0.05) is 61.7 Å². The minimum absolute atomic E-state index is 0.484. The summed E-state index contributed by atoms with van der Waals surface area (Å²) < 4.78 is 1.22. The van der Waals surface area contributed by atoms with Crippen molar-refractivity contribution in [3.63, 3.8) is 0 Å². The van der Waals surface area contributed by atoms with Gasteiger partial charge in [-0.05, 0) is 43.0 Å². The zero-order valence-corrected chi connectivity index (χ0v) is 13.7. The summed E-state index contributed by atoms with van der Waals surface area (Å²) >= 11 is 3.64. The minimum Gasteiger partial charge on any atom is -0.310 e. The van der Waals surface area contributed by atoms with Crippen molar-refractivity contribution in [1.82, 2.24) is 5.32 Å². The highest BCUT2D eigenvalue weighted by Gasteiger charge is 2.17. The van der Waals surface area contributed by atoms with Gasteiger partial charge in [-0.15, -0.1) is 0 Å². The molecule has 0 aromatic heterocycles. The molecule has 1 nitrogen and oxygen atoms in total. The first-order chi connectivity index (χ1) is 8.63. The summed E-state index contributed by atoms with van der Waals surface area (Å²) in [6.07, 6.45) is 3.77. The predicted molar refractivity (Wildman–Crippen MR) is 84.0 cm³/mol. The van der Waals surface area contributed by atoms with Crippen LogP contribution in [0, 0.1) is 12.8 Å². The summed E-state index contributed by atoms with van der Waals surface area (Å²) in [7, 11) is 0. The van der Waals surface area contributed by atoms with Crippen LogP contribution in [0.3, 0.4) is 0 Å². The van der Waals surface area contributed by atoms with E-state index in [2.05, 4.69) is 67.1 Å². The molecule has 1 atom stereocenters. The van der Waals surface area contributed by atoms with Gasteiger partial charge < -0.3 is 5.32 Å². The maximum absolute atomic E-state index is 3.65. The Morgan fingerprint density at radius 3 is 2.39 bits per heavy atom. The van der Waals surface area contributed by atoms with Crippen LogP contribution < -0.4 is 5.32 Å². The van der Waals surface area contributed by atoms with Crippen molar-refractivity contribution in [2.45, 2.75) is 53.0 Å². The summed E-state index contributed by atoms with van der Waals surface area (Å²) in [5.74, 6) is 0.812. The van der Waals surface area contributed by atoms with Crippen molar-refractivity contribution >= 4 is 15.9 Å². The Bertz CT molecular complexity index is 358. The molecule has 18 heavy (non-hydrogen) atoms. The second-order valence-corrected chi connectivity index (χ2v) is 5.84. The van der Waals surface area contributed by atoms with E-state index >= 15 is 0 Å². The molecule has 0 saturated heterocycles. The van der Waals surface area contributed by atoms with E-state index < -0.39 is 0 Å². The zero-order chi connectivity index (χ0) is 13.5. The van der Waals surface area contributed by atoms with Gasteiger partial charge in [0.05, 0.1) is 0 Å². The van der Waals surface area contributed by atoms with E-state index in [-0.39, 0.29) is 0 Å². The Morgan fingerprint density at radius 2 is 1.83 bits per heavy atom. The Balaban J connectivity index is 2.93. The molecule has 1 unspecified atom stereocenters. The van der Waals surface area contributed by atoms with Gasteiger partial charge in [0.1, 0.15) is 0 Å². The quantitative estimate of drug-likeness (QED) is 0.726. The van der Waals surface area contributed by atoms with Crippen LogP contribution >= 0.6 is 15.9 Å². The van der Waals surface area contributed by atoms with E-state index in [4.69, 9.17) is 0 Å². The Kier molecular flexibility index (Phi) is 6.95. The van der Waals surface area contributed by atoms with E-state index in [9.17, 15) is 0 Å². The Hall–Kier alpha value is -0.340. The highest BCUT2D eigenvalue weighted by molar-refractivity contribution is 9.10. The lowest BCUT2D eigenvalue weighted by Crippen LogP contribution is -2.24. The molecular formula is C16H26BrN. The Labute approximate surface area is 120 Å². The van der Waals surface area contributed by atoms with E-state index in [1.807, 2.05) is 0 Å². The molecule has 0 aliphatic rings. The van der Waals surface area contributed by atoms with Gasteiger partial charge in [-0.25, -0.2) is 0 Å². The average molecular weight is 312 g/mol. The van der Waals surface area contributed by atoms with Gasteiger partial charge in [0.15, 0.2) is 0 Å². The van der Waals surface area contributed by atoms with Crippen molar-refractivity contribution < 1.29 is 0 Å². The molecule has 0 bridgehead atoms. The van der Waals surface area contributed by atoms with E-state index in [1.165, 1.54) is 34.9 Å². The van der Waals surface area contributed by atoms with Crippen LogP contribution in [0.15, 0.2) is 22.7 Å².